The predicted molar refractivity (Wildman–Crippen MR) is 71.8 cm³/mol. The third-order valence-electron chi connectivity index (χ3n) is 2.72. The van der Waals surface area contributed by atoms with E-state index in [0.717, 1.165) is 0 Å². The maximum absolute atomic E-state index is 12.0. The summed E-state index contributed by atoms with van der Waals surface area (Å²) in [6.45, 7) is -0.185. The molecule has 0 fully saturated rings. The Bertz CT molecular complexity index is 644. The number of nitrogens with two attached hydrogens (primary N) is 1. The average molecular weight is 340 g/mol. The molecule has 22 heavy (non-hydrogen) atoms. The van der Waals surface area contributed by atoms with Gasteiger partial charge in [-0.15, -0.1) is 0 Å². The van der Waals surface area contributed by atoms with Crippen LogP contribution >= 0.6 is 0 Å². The fourth-order valence-corrected chi connectivity index (χ4v) is 2.44. The van der Waals surface area contributed by atoms with Gasteiger partial charge in [-0.1, -0.05) is 6.07 Å². The van der Waals surface area contributed by atoms with E-state index in [1.54, 1.807) is 11.4 Å². The van der Waals surface area contributed by atoms with Crippen LogP contribution in [0.1, 0.15) is 12.0 Å². The molecule has 0 aliphatic rings. The van der Waals surface area contributed by atoms with Gasteiger partial charge in [-0.25, -0.2) is 13.6 Å². The first-order chi connectivity index (χ1) is 10.1. The van der Waals surface area contributed by atoms with Gasteiger partial charge >= 0.3 is 12.1 Å². The Kier molecular flexibility index (Phi) is 5.78. The quantitative estimate of drug-likeness (QED) is 0.754. The summed E-state index contributed by atoms with van der Waals surface area (Å²) in [5.74, 6) is -1.93. The number of carbonyl (C=O) groups is 1. The minimum absolute atomic E-state index is 0.0802. The van der Waals surface area contributed by atoms with Crippen LogP contribution in [0.3, 0.4) is 0 Å². The molecule has 0 bridgehead atoms. The zero-order valence-electron chi connectivity index (χ0n) is 11.6. The van der Waals surface area contributed by atoms with Crippen LogP contribution in [0.25, 0.3) is 0 Å². The molecule has 0 saturated heterocycles. The van der Waals surface area contributed by atoms with Gasteiger partial charge in [-0.3, -0.25) is 4.79 Å². The Balaban J connectivity index is 2.67. The number of carbonyl (C=O) groups excluding carboxylic acids is 1. The Morgan fingerprint density at radius 3 is 2.50 bits per heavy atom. The average Bonchev–Trinajstić information content (AvgIpc) is 2.41. The summed E-state index contributed by atoms with van der Waals surface area (Å²) in [5, 5.41) is 6.78. The fourth-order valence-electron chi connectivity index (χ4n) is 1.69. The molecule has 0 heterocycles. The number of primary sulfonamides is 1. The molecular weight excluding hydrogens is 325 g/mol. The predicted octanol–water partition coefficient (Wildman–Crippen LogP) is 0.954. The second-order valence-corrected chi connectivity index (χ2v) is 5.92. The SMILES string of the molecule is COc1ccc(CCCNC(=O)C(F)(F)F)cc1S(N)(=O)=O. The molecule has 1 amide bonds. The second kappa shape index (κ2) is 6.97. The van der Waals surface area contributed by atoms with Crippen molar-refractivity contribution in [1.82, 2.24) is 5.32 Å². The van der Waals surface area contributed by atoms with Crippen LogP contribution in [-0.2, 0) is 21.2 Å². The molecule has 10 heteroatoms. The Hall–Kier alpha value is -1.81. The van der Waals surface area contributed by atoms with Crippen molar-refractivity contribution in [3.8, 4) is 5.75 Å². The molecule has 124 valence electrons. The minimum Gasteiger partial charge on any atom is -0.495 e. The summed E-state index contributed by atoms with van der Waals surface area (Å²) >= 11 is 0. The summed E-state index contributed by atoms with van der Waals surface area (Å²) in [7, 11) is -2.69. The zero-order chi connectivity index (χ0) is 17.0. The van der Waals surface area contributed by atoms with Gasteiger partial charge in [0.05, 0.1) is 7.11 Å². The Morgan fingerprint density at radius 1 is 1.36 bits per heavy atom. The first-order valence-corrected chi connectivity index (χ1v) is 7.65. The molecule has 0 aliphatic heterocycles. The van der Waals surface area contributed by atoms with Crippen LogP contribution in [0.2, 0.25) is 0 Å². The summed E-state index contributed by atoms with van der Waals surface area (Å²) in [4.78, 5) is 10.4. The molecule has 0 aromatic heterocycles. The van der Waals surface area contributed by atoms with Crippen LogP contribution in [0, 0.1) is 0 Å². The van der Waals surface area contributed by atoms with Crippen molar-refractivity contribution in [3.05, 3.63) is 23.8 Å². The highest BCUT2D eigenvalue weighted by atomic mass is 32.2. The number of hydrogen-bond donors (Lipinski definition) is 2. The van der Waals surface area contributed by atoms with Crippen LogP contribution < -0.4 is 15.2 Å². The number of alkyl halides is 3. The first-order valence-electron chi connectivity index (χ1n) is 6.10. The van der Waals surface area contributed by atoms with Crippen LogP contribution in [0.15, 0.2) is 23.1 Å². The van der Waals surface area contributed by atoms with Crippen molar-refractivity contribution in [2.75, 3.05) is 13.7 Å². The van der Waals surface area contributed by atoms with E-state index in [-0.39, 0.29) is 30.0 Å². The molecular formula is C12H15F3N2O4S. The fraction of sp³-hybridized carbons (Fsp3) is 0.417. The van der Waals surface area contributed by atoms with Gasteiger partial charge in [-0.2, -0.15) is 13.2 Å². The Morgan fingerprint density at radius 2 is 2.00 bits per heavy atom. The lowest BCUT2D eigenvalue weighted by atomic mass is 10.1. The molecule has 1 aromatic rings. The number of halogens is 3. The van der Waals surface area contributed by atoms with Crippen LogP contribution in [-0.4, -0.2) is 34.2 Å². The topological polar surface area (TPSA) is 98.5 Å². The van der Waals surface area contributed by atoms with Gasteiger partial charge in [0, 0.05) is 6.54 Å². The lowest BCUT2D eigenvalue weighted by molar-refractivity contribution is -0.173. The number of ether oxygens (including phenoxy) is 1. The van der Waals surface area contributed by atoms with E-state index < -0.39 is 22.1 Å². The molecule has 1 aromatic carbocycles. The van der Waals surface area contributed by atoms with Crippen molar-refractivity contribution < 1.29 is 31.1 Å². The summed E-state index contributed by atoms with van der Waals surface area (Å²) in [6, 6.07) is 4.27. The van der Waals surface area contributed by atoms with Crippen LogP contribution in [0.5, 0.6) is 5.75 Å². The number of sulfonamides is 1. The number of methoxy groups -OCH3 is 1. The number of amides is 1. The van der Waals surface area contributed by atoms with Gasteiger partial charge in [0.2, 0.25) is 10.0 Å². The lowest BCUT2D eigenvalue weighted by Crippen LogP contribution is -2.37. The van der Waals surface area contributed by atoms with Crippen molar-refractivity contribution in [3.63, 3.8) is 0 Å². The third kappa shape index (κ3) is 5.19. The second-order valence-electron chi connectivity index (χ2n) is 4.39. The number of benzene rings is 1. The van der Waals surface area contributed by atoms with Gasteiger partial charge in [0.1, 0.15) is 10.6 Å². The Labute approximate surface area is 125 Å². The maximum Gasteiger partial charge on any atom is 0.471 e. The normalized spacial score (nSPS) is 12.0. The van der Waals surface area contributed by atoms with E-state index in [1.165, 1.54) is 19.2 Å². The largest absolute Gasteiger partial charge is 0.495 e. The molecule has 1 rings (SSSR count). The summed E-state index contributed by atoms with van der Waals surface area (Å²) < 4.78 is 63.6. The third-order valence-corrected chi connectivity index (χ3v) is 3.65. The van der Waals surface area contributed by atoms with Crippen LogP contribution in [0.4, 0.5) is 13.2 Å². The molecule has 0 radical (unpaired) electrons. The maximum atomic E-state index is 12.0. The van der Waals surface area contributed by atoms with E-state index in [0.29, 0.717) is 5.56 Å². The van der Waals surface area contributed by atoms with Gasteiger partial charge < -0.3 is 10.1 Å². The first kappa shape index (κ1) is 18.2. The van der Waals surface area contributed by atoms with Gasteiger partial charge in [0.15, 0.2) is 0 Å². The van der Waals surface area contributed by atoms with Crippen molar-refractivity contribution >= 4 is 15.9 Å². The monoisotopic (exact) mass is 340 g/mol. The number of nitrogens with one attached hydrogen (secondary N) is 1. The van der Waals surface area contributed by atoms with Crippen molar-refractivity contribution in [1.29, 1.82) is 0 Å². The van der Waals surface area contributed by atoms with Crippen molar-refractivity contribution in [2.45, 2.75) is 23.9 Å². The van der Waals surface area contributed by atoms with E-state index >= 15 is 0 Å². The molecule has 6 nitrogen and oxygen atoms in total. The highest BCUT2D eigenvalue weighted by molar-refractivity contribution is 7.89. The standard InChI is InChI=1S/C12H15F3N2O4S/c1-21-9-5-4-8(7-10(9)22(16,19)20)3-2-6-17-11(18)12(13,14)15/h4-5,7H,2-3,6H2,1H3,(H,17,18)(H2,16,19,20). The summed E-state index contributed by atoms with van der Waals surface area (Å²) in [5.41, 5.74) is 0.547. The van der Waals surface area contributed by atoms with E-state index in [2.05, 4.69) is 0 Å². The molecule has 0 aliphatic carbocycles. The molecule has 0 atom stereocenters. The highest BCUT2D eigenvalue weighted by Gasteiger charge is 2.38. The number of aryl methyl sites for hydroxylation is 1. The van der Waals surface area contributed by atoms with Gasteiger partial charge in [-0.05, 0) is 30.5 Å². The lowest BCUT2D eigenvalue weighted by Gasteiger charge is -2.10. The smallest absolute Gasteiger partial charge is 0.471 e. The molecule has 0 unspecified atom stereocenters. The number of rotatable bonds is 6. The number of hydrogen-bond acceptors (Lipinski definition) is 4. The van der Waals surface area contributed by atoms with E-state index in [9.17, 15) is 26.4 Å². The summed E-state index contributed by atoms with van der Waals surface area (Å²) in [6.07, 6.45) is -4.44. The van der Waals surface area contributed by atoms with E-state index in [1.807, 2.05) is 0 Å². The van der Waals surface area contributed by atoms with Gasteiger partial charge in [0.25, 0.3) is 0 Å². The molecule has 3 N–H and O–H groups in total. The molecule has 0 saturated carbocycles. The zero-order valence-corrected chi connectivity index (χ0v) is 12.4. The minimum atomic E-state index is -4.92. The van der Waals surface area contributed by atoms with E-state index in [4.69, 9.17) is 9.88 Å². The molecule has 0 spiro atoms. The highest BCUT2D eigenvalue weighted by Crippen LogP contribution is 2.24. The van der Waals surface area contributed by atoms with Crippen molar-refractivity contribution in [2.24, 2.45) is 5.14 Å².